The number of carbonyl (C=O) groups is 1. The number of aryl methyl sites for hydroxylation is 1. The molecule has 0 saturated heterocycles. The first kappa shape index (κ1) is 10.0. The molecule has 0 aliphatic heterocycles. The Kier molecular flexibility index (Phi) is 3.29. The van der Waals surface area contributed by atoms with Gasteiger partial charge < -0.3 is 4.57 Å². The molecular formula is C11H17NO. The lowest BCUT2D eigenvalue weighted by Gasteiger charge is -2.08. The molecule has 0 saturated carbocycles. The number of rotatable bonds is 4. The molecule has 1 aromatic rings. The predicted molar refractivity (Wildman–Crippen MR) is 53.9 cm³/mol. The van der Waals surface area contributed by atoms with Crippen LogP contribution >= 0.6 is 0 Å². The summed E-state index contributed by atoms with van der Waals surface area (Å²) in [5.74, 6) is 0.830. The fraction of sp³-hybridized carbons (Fsp3) is 0.545. The first-order valence-electron chi connectivity index (χ1n) is 4.77. The van der Waals surface area contributed by atoms with E-state index in [1.807, 2.05) is 22.9 Å². The fourth-order valence-electron chi connectivity index (χ4n) is 1.33. The summed E-state index contributed by atoms with van der Waals surface area (Å²) in [4.78, 5) is 11.2. The van der Waals surface area contributed by atoms with Crippen LogP contribution in [0.15, 0.2) is 18.3 Å². The highest BCUT2D eigenvalue weighted by atomic mass is 16.1. The van der Waals surface area contributed by atoms with Gasteiger partial charge in [0.05, 0.1) is 5.69 Å². The summed E-state index contributed by atoms with van der Waals surface area (Å²) in [5, 5.41) is 0. The molecule has 1 rings (SSSR count). The van der Waals surface area contributed by atoms with Crippen molar-refractivity contribution in [2.75, 3.05) is 0 Å². The average molecular weight is 179 g/mol. The molecule has 0 aromatic carbocycles. The zero-order valence-corrected chi connectivity index (χ0v) is 8.58. The molecular weight excluding hydrogens is 162 g/mol. The largest absolute Gasteiger partial charge is 0.345 e. The molecule has 0 aliphatic carbocycles. The van der Waals surface area contributed by atoms with E-state index in [1.165, 1.54) is 0 Å². The minimum atomic E-state index is 0.147. The van der Waals surface area contributed by atoms with E-state index in [2.05, 4.69) is 13.8 Å². The van der Waals surface area contributed by atoms with E-state index in [-0.39, 0.29) is 5.78 Å². The van der Waals surface area contributed by atoms with Crippen LogP contribution in [0.3, 0.4) is 0 Å². The zero-order valence-electron chi connectivity index (χ0n) is 8.58. The van der Waals surface area contributed by atoms with Gasteiger partial charge in [-0.1, -0.05) is 13.8 Å². The number of hydrogen-bond donors (Lipinski definition) is 0. The number of aromatic nitrogens is 1. The maximum absolute atomic E-state index is 11.2. The van der Waals surface area contributed by atoms with E-state index in [0.29, 0.717) is 5.92 Å². The minimum Gasteiger partial charge on any atom is -0.345 e. The van der Waals surface area contributed by atoms with Crippen LogP contribution in [-0.4, -0.2) is 10.4 Å². The molecule has 0 fully saturated rings. The fourth-order valence-corrected chi connectivity index (χ4v) is 1.33. The number of hydrogen-bond acceptors (Lipinski definition) is 1. The van der Waals surface area contributed by atoms with Gasteiger partial charge in [-0.05, 0) is 24.5 Å². The van der Waals surface area contributed by atoms with Gasteiger partial charge in [-0.3, -0.25) is 4.79 Å². The lowest BCUT2D eigenvalue weighted by Crippen LogP contribution is -2.07. The molecule has 13 heavy (non-hydrogen) atoms. The van der Waals surface area contributed by atoms with Gasteiger partial charge >= 0.3 is 0 Å². The van der Waals surface area contributed by atoms with Gasteiger partial charge in [0.25, 0.3) is 0 Å². The topological polar surface area (TPSA) is 22.0 Å². The van der Waals surface area contributed by atoms with Crippen LogP contribution in [-0.2, 0) is 6.54 Å². The summed E-state index contributed by atoms with van der Waals surface area (Å²) in [7, 11) is 0. The summed E-state index contributed by atoms with van der Waals surface area (Å²) in [6, 6.07) is 3.81. The summed E-state index contributed by atoms with van der Waals surface area (Å²) in [6.45, 7) is 6.94. The number of carbonyl (C=O) groups excluding carboxylic acids is 1. The van der Waals surface area contributed by atoms with Crippen LogP contribution in [0.5, 0.6) is 0 Å². The quantitative estimate of drug-likeness (QED) is 0.651. The van der Waals surface area contributed by atoms with Crippen LogP contribution in [0.1, 0.15) is 37.7 Å². The van der Waals surface area contributed by atoms with Gasteiger partial charge in [0.1, 0.15) is 0 Å². The van der Waals surface area contributed by atoms with Crippen molar-refractivity contribution in [3.8, 4) is 0 Å². The average Bonchev–Trinajstić information content (AvgIpc) is 2.47. The molecule has 0 N–H and O–H groups in total. The Balaban J connectivity index is 2.65. The van der Waals surface area contributed by atoms with Crippen LogP contribution in [0.25, 0.3) is 0 Å². The van der Waals surface area contributed by atoms with Crippen molar-refractivity contribution in [3.05, 3.63) is 24.0 Å². The van der Waals surface area contributed by atoms with Crippen molar-refractivity contribution in [2.45, 2.75) is 33.7 Å². The van der Waals surface area contributed by atoms with Crippen LogP contribution < -0.4 is 0 Å². The maximum Gasteiger partial charge on any atom is 0.176 e. The summed E-state index contributed by atoms with van der Waals surface area (Å²) >= 11 is 0. The lowest BCUT2D eigenvalue weighted by molar-refractivity contribution is 0.100. The van der Waals surface area contributed by atoms with Gasteiger partial charge in [-0.2, -0.15) is 0 Å². The van der Waals surface area contributed by atoms with Crippen molar-refractivity contribution >= 4 is 5.78 Å². The van der Waals surface area contributed by atoms with E-state index in [9.17, 15) is 4.79 Å². The van der Waals surface area contributed by atoms with Gasteiger partial charge in [0.15, 0.2) is 5.78 Å². The molecule has 0 bridgehead atoms. The van der Waals surface area contributed by atoms with E-state index >= 15 is 0 Å². The number of Topliss-reactive ketones (excluding diaryl/α,β-unsaturated/α-hetero) is 1. The first-order valence-corrected chi connectivity index (χ1v) is 4.77. The summed E-state index contributed by atoms with van der Waals surface area (Å²) < 4.78 is 2.03. The molecule has 0 amide bonds. The highest BCUT2D eigenvalue weighted by Gasteiger charge is 2.05. The van der Waals surface area contributed by atoms with Crippen molar-refractivity contribution in [1.29, 1.82) is 0 Å². The Morgan fingerprint density at radius 1 is 1.54 bits per heavy atom. The molecule has 72 valence electrons. The van der Waals surface area contributed by atoms with Crippen LogP contribution in [0, 0.1) is 5.92 Å². The van der Waals surface area contributed by atoms with E-state index in [4.69, 9.17) is 0 Å². The third kappa shape index (κ3) is 2.72. The van der Waals surface area contributed by atoms with Crippen molar-refractivity contribution in [2.24, 2.45) is 5.92 Å². The van der Waals surface area contributed by atoms with Gasteiger partial charge in [0.2, 0.25) is 0 Å². The molecule has 0 atom stereocenters. The zero-order chi connectivity index (χ0) is 9.84. The molecule has 1 aromatic heterocycles. The highest BCUT2D eigenvalue weighted by Crippen LogP contribution is 2.07. The SMILES string of the molecule is CC(=O)c1cccn1CCC(C)C. The maximum atomic E-state index is 11.2. The minimum absolute atomic E-state index is 0.147. The smallest absolute Gasteiger partial charge is 0.176 e. The van der Waals surface area contributed by atoms with Crippen molar-refractivity contribution in [1.82, 2.24) is 4.57 Å². The predicted octanol–water partition coefficient (Wildman–Crippen LogP) is 2.74. The van der Waals surface area contributed by atoms with Crippen molar-refractivity contribution < 1.29 is 4.79 Å². The normalized spacial score (nSPS) is 10.8. The molecule has 0 spiro atoms. The first-order chi connectivity index (χ1) is 6.11. The van der Waals surface area contributed by atoms with E-state index < -0.39 is 0 Å². The Hall–Kier alpha value is -1.05. The lowest BCUT2D eigenvalue weighted by atomic mass is 10.1. The third-order valence-corrected chi connectivity index (χ3v) is 2.14. The molecule has 0 aliphatic rings. The van der Waals surface area contributed by atoms with Gasteiger partial charge in [0, 0.05) is 19.7 Å². The van der Waals surface area contributed by atoms with Gasteiger partial charge in [-0.25, -0.2) is 0 Å². The molecule has 1 heterocycles. The Labute approximate surface area is 79.6 Å². The van der Waals surface area contributed by atoms with Gasteiger partial charge in [-0.15, -0.1) is 0 Å². The summed E-state index contributed by atoms with van der Waals surface area (Å²) in [6.07, 6.45) is 3.09. The third-order valence-electron chi connectivity index (χ3n) is 2.14. The van der Waals surface area contributed by atoms with Crippen LogP contribution in [0.2, 0.25) is 0 Å². The molecule has 0 unspecified atom stereocenters. The Bertz CT molecular complexity index is 286. The Morgan fingerprint density at radius 2 is 2.23 bits per heavy atom. The number of ketones is 1. The molecule has 2 nitrogen and oxygen atoms in total. The second-order valence-electron chi connectivity index (χ2n) is 3.83. The highest BCUT2D eigenvalue weighted by molar-refractivity contribution is 5.92. The van der Waals surface area contributed by atoms with Crippen LogP contribution in [0.4, 0.5) is 0 Å². The number of nitrogens with zero attached hydrogens (tertiary/aromatic N) is 1. The van der Waals surface area contributed by atoms with Crippen molar-refractivity contribution in [3.63, 3.8) is 0 Å². The van der Waals surface area contributed by atoms with E-state index in [1.54, 1.807) is 6.92 Å². The second kappa shape index (κ2) is 4.26. The Morgan fingerprint density at radius 3 is 2.77 bits per heavy atom. The molecule has 0 radical (unpaired) electrons. The summed E-state index contributed by atoms with van der Waals surface area (Å²) in [5.41, 5.74) is 0.820. The van der Waals surface area contributed by atoms with E-state index in [0.717, 1.165) is 18.7 Å². The monoisotopic (exact) mass is 179 g/mol. The standard InChI is InChI=1S/C11H17NO/c1-9(2)6-8-12-7-4-5-11(12)10(3)13/h4-5,7,9H,6,8H2,1-3H3. The second-order valence-corrected chi connectivity index (χ2v) is 3.83. The molecule has 2 heteroatoms.